The molecule has 0 radical (unpaired) electrons. The Morgan fingerprint density at radius 3 is 2.24 bits per heavy atom. The molecule has 0 atom stereocenters. The fourth-order valence-corrected chi connectivity index (χ4v) is 3.43. The molecule has 2 aromatic carbocycles. The number of hydrogen-bond acceptors (Lipinski definition) is 5. The third-order valence-electron chi connectivity index (χ3n) is 4.04. The Morgan fingerprint density at radius 1 is 1.07 bits per heavy atom. The van der Waals surface area contributed by atoms with E-state index in [4.69, 9.17) is 32.7 Å². The van der Waals surface area contributed by atoms with Crippen molar-refractivity contribution >= 4 is 52.8 Å². The van der Waals surface area contributed by atoms with Crippen molar-refractivity contribution in [2.45, 2.75) is 6.92 Å². The second kappa shape index (κ2) is 8.55. The summed E-state index contributed by atoms with van der Waals surface area (Å²) in [5.74, 6) is -0.715. The van der Waals surface area contributed by atoms with Crippen molar-refractivity contribution in [3.63, 3.8) is 0 Å². The molecule has 150 valence electrons. The van der Waals surface area contributed by atoms with Crippen LogP contribution in [-0.2, 0) is 9.59 Å². The van der Waals surface area contributed by atoms with Crippen molar-refractivity contribution < 1.29 is 23.9 Å². The van der Waals surface area contributed by atoms with Crippen molar-refractivity contribution in [3.05, 3.63) is 57.6 Å². The standard InChI is InChI=1S/C20H16Cl2N2O5/c1-3-29-13-6-4-12(5-7-13)24-19(26)14(18(25)23-20(24)27)8-11-9-15(21)17(28-2)16(22)10-11/h4-10H,3H2,1-2H3,(H,23,25,27)/b14-8+. The van der Waals surface area contributed by atoms with Gasteiger partial charge in [0.25, 0.3) is 11.8 Å². The molecule has 0 unspecified atom stereocenters. The summed E-state index contributed by atoms with van der Waals surface area (Å²) in [4.78, 5) is 38.3. The van der Waals surface area contributed by atoms with E-state index in [9.17, 15) is 14.4 Å². The highest BCUT2D eigenvalue weighted by molar-refractivity contribution is 6.40. The van der Waals surface area contributed by atoms with Gasteiger partial charge in [0.05, 0.1) is 29.4 Å². The second-order valence-electron chi connectivity index (χ2n) is 5.90. The molecule has 1 fully saturated rings. The molecule has 0 bridgehead atoms. The van der Waals surface area contributed by atoms with Crippen LogP contribution < -0.4 is 19.7 Å². The Balaban J connectivity index is 1.97. The van der Waals surface area contributed by atoms with Gasteiger partial charge in [0.2, 0.25) is 0 Å². The summed E-state index contributed by atoms with van der Waals surface area (Å²) in [7, 11) is 1.42. The van der Waals surface area contributed by atoms with E-state index in [2.05, 4.69) is 5.32 Å². The number of amides is 4. The summed E-state index contributed by atoms with van der Waals surface area (Å²) in [6.07, 6.45) is 1.31. The maximum atomic E-state index is 12.9. The first-order chi connectivity index (χ1) is 13.8. The summed E-state index contributed by atoms with van der Waals surface area (Å²) in [6.45, 7) is 2.33. The van der Waals surface area contributed by atoms with E-state index in [1.807, 2.05) is 6.92 Å². The van der Waals surface area contributed by atoms with Crippen molar-refractivity contribution in [2.24, 2.45) is 0 Å². The molecule has 9 heteroatoms. The van der Waals surface area contributed by atoms with Crippen LogP contribution in [0, 0.1) is 0 Å². The maximum Gasteiger partial charge on any atom is 0.335 e. The number of hydrogen-bond donors (Lipinski definition) is 1. The highest BCUT2D eigenvalue weighted by Gasteiger charge is 2.36. The molecule has 1 heterocycles. The average Bonchev–Trinajstić information content (AvgIpc) is 2.66. The van der Waals surface area contributed by atoms with Gasteiger partial charge in [0, 0.05) is 0 Å². The Labute approximate surface area is 176 Å². The van der Waals surface area contributed by atoms with Gasteiger partial charge in [-0.05, 0) is 55.0 Å². The van der Waals surface area contributed by atoms with Gasteiger partial charge in [-0.1, -0.05) is 23.2 Å². The number of halogens is 2. The minimum absolute atomic E-state index is 0.218. The normalized spacial score (nSPS) is 15.5. The zero-order chi connectivity index (χ0) is 21.1. The zero-order valence-electron chi connectivity index (χ0n) is 15.5. The van der Waals surface area contributed by atoms with Gasteiger partial charge in [-0.15, -0.1) is 0 Å². The van der Waals surface area contributed by atoms with E-state index >= 15 is 0 Å². The number of carbonyl (C=O) groups excluding carboxylic acids is 3. The average molecular weight is 435 g/mol. The van der Waals surface area contributed by atoms with Gasteiger partial charge >= 0.3 is 6.03 Å². The number of benzene rings is 2. The van der Waals surface area contributed by atoms with E-state index in [0.29, 0.717) is 23.6 Å². The first-order valence-electron chi connectivity index (χ1n) is 8.53. The van der Waals surface area contributed by atoms with E-state index < -0.39 is 17.8 Å². The molecule has 1 aliphatic rings. The van der Waals surface area contributed by atoms with Gasteiger partial charge < -0.3 is 9.47 Å². The van der Waals surface area contributed by atoms with Crippen LogP contribution in [0.1, 0.15) is 12.5 Å². The van der Waals surface area contributed by atoms with Gasteiger partial charge in [0.1, 0.15) is 11.3 Å². The molecule has 1 aliphatic heterocycles. The summed E-state index contributed by atoms with van der Waals surface area (Å²) in [6, 6.07) is 8.51. The molecule has 7 nitrogen and oxygen atoms in total. The Morgan fingerprint density at radius 2 is 1.69 bits per heavy atom. The van der Waals surface area contributed by atoms with Crippen LogP contribution in [0.25, 0.3) is 6.08 Å². The van der Waals surface area contributed by atoms with Crippen LogP contribution in [0.15, 0.2) is 42.0 Å². The van der Waals surface area contributed by atoms with Gasteiger partial charge in [-0.25, -0.2) is 9.69 Å². The first-order valence-corrected chi connectivity index (χ1v) is 9.28. The number of imide groups is 2. The number of ether oxygens (including phenoxy) is 2. The molecule has 4 amide bonds. The van der Waals surface area contributed by atoms with Gasteiger partial charge in [0.15, 0.2) is 5.75 Å². The second-order valence-corrected chi connectivity index (χ2v) is 6.72. The molecule has 1 saturated heterocycles. The number of urea groups is 1. The van der Waals surface area contributed by atoms with Crippen molar-refractivity contribution in [1.29, 1.82) is 0 Å². The van der Waals surface area contributed by atoms with Crippen molar-refractivity contribution in [1.82, 2.24) is 5.32 Å². The van der Waals surface area contributed by atoms with Gasteiger partial charge in [-0.2, -0.15) is 0 Å². The lowest BCUT2D eigenvalue weighted by Crippen LogP contribution is -2.54. The number of barbiturate groups is 1. The smallest absolute Gasteiger partial charge is 0.335 e. The number of methoxy groups -OCH3 is 1. The van der Waals surface area contributed by atoms with E-state index in [1.165, 1.54) is 25.3 Å². The molecule has 29 heavy (non-hydrogen) atoms. The highest BCUT2D eigenvalue weighted by Crippen LogP contribution is 2.35. The van der Waals surface area contributed by atoms with E-state index in [0.717, 1.165) is 4.90 Å². The number of carbonyl (C=O) groups is 3. The third kappa shape index (κ3) is 4.21. The number of anilines is 1. The Hall–Kier alpha value is -3.03. The first kappa shape index (κ1) is 20.7. The van der Waals surface area contributed by atoms with Crippen molar-refractivity contribution in [2.75, 3.05) is 18.6 Å². The largest absolute Gasteiger partial charge is 0.494 e. The summed E-state index contributed by atoms with van der Waals surface area (Å²) < 4.78 is 10.4. The fourth-order valence-electron chi connectivity index (χ4n) is 2.77. The SMILES string of the molecule is CCOc1ccc(N2C(=O)NC(=O)/C(=C\c3cc(Cl)c(OC)c(Cl)c3)C2=O)cc1. The molecule has 1 N–H and O–H groups in total. The van der Waals surface area contributed by atoms with Crippen molar-refractivity contribution in [3.8, 4) is 11.5 Å². The fraction of sp³-hybridized carbons (Fsp3) is 0.150. The summed E-state index contributed by atoms with van der Waals surface area (Å²) in [5, 5.41) is 2.59. The zero-order valence-corrected chi connectivity index (χ0v) is 17.0. The van der Waals surface area contributed by atoms with Crippen LogP contribution in [0.4, 0.5) is 10.5 Å². The molecule has 0 saturated carbocycles. The molecule has 0 aromatic heterocycles. The lowest BCUT2D eigenvalue weighted by Gasteiger charge is -2.26. The van der Waals surface area contributed by atoms with Crippen LogP contribution in [0.5, 0.6) is 11.5 Å². The van der Waals surface area contributed by atoms with Crippen LogP contribution in [0.2, 0.25) is 10.0 Å². The van der Waals surface area contributed by atoms with E-state index in [1.54, 1.807) is 24.3 Å². The predicted molar refractivity (Wildman–Crippen MR) is 110 cm³/mol. The molecule has 3 rings (SSSR count). The van der Waals surface area contributed by atoms with Crippen LogP contribution >= 0.6 is 23.2 Å². The Bertz CT molecular complexity index is 995. The maximum absolute atomic E-state index is 12.9. The van der Waals surface area contributed by atoms with Crippen LogP contribution in [0.3, 0.4) is 0 Å². The van der Waals surface area contributed by atoms with E-state index in [-0.39, 0.29) is 21.4 Å². The minimum Gasteiger partial charge on any atom is -0.494 e. The quantitative estimate of drug-likeness (QED) is 0.566. The molecule has 2 aromatic rings. The lowest BCUT2D eigenvalue weighted by molar-refractivity contribution is -0.122. The summed E-state index contributed by atoms with van der Waals surface area (Å²) >= 11 is 12.2. The number of nitrogens with one attached hydrogen (secondary N) is 1. The number of nitrogens with zero attached hydrogens (tertiary/aromatic N) is 1. The molecule has 0 spiro atoms. The van der Waals surface area contributed by atoms with Crippen LogP contribution in [-0.4, -0.2) is 31.6 Å². The third-order valence-corrected chi connectivity index (χ3v) is 4.60. The van der Waals surface area contributed by atoms with Gasteiger partial charge in [-0.3, -0.25) is 14.9 Å². The predicted octanol–water partition coefficient (Wildman–Crippen LogP) is 4.07. The topological polar surface area (TPSA) is 84.9 Å². The molecular weight excluding hydrogens is 419 g/mol. The summed E-state index contributed by atoms with van der Waals surface area (Å²) in [5.41, 5.74) is 0.455. The monoisotopic (exact) mass is 434 g/mol. The molecule has 0 aliphatic carbocycles. The highest BCUT2D eigenvalue weighted by atomic mass is 35.5. The minimum atomic E-state index is -0.841. The Kier molecular flexibility index (Phi) is 6.10. The number of rotatable bonds is 5. The molecular formula is C20H16Cl2N2O5. The lowest BCUT2D eigenvalue weighted by atomic mass is 10.1.